The van der Waals surface area contributed by atoms with Gasteiger partial charge in [-0.3, -0.25) is 0 Å². The molecule has 2 nitrogen and oxygen atoms in total. The van der Waals surface area contributed by atoms with E-state index < -0.39 is 23.9 Å². The van der Waals surface area contributed by atoms with Crippen molar-refractivity contribution in [2.24, 2.45) is 5.73 Å². The summed E-state index contributed by atoms with van der Waals surface area (Å²) in [5.74, 6) is 0. The van der Waals surface area contributed by atoms with Gasteiger partial charge in [0, 0.05) is 12.1 Å². The molecule has 0 fully saturated rings. The first-order valence-electron chi connectivity index (χ1n) is 3.91. The van der Waals surface area contributed by atoms with Gasteiger partial charge < -0.3 is 5.73 Å². The number of hydrogen-bond donors (Lipinski definition) is 1. The van der Waals surface area contributed by atoms with Gasteiger partial charge in [-0.15, -0.1) is 0 Å². The lowest BCUT2D eigenvalue weighted by Gasteiger charge is -2.09. The highest BCUT2D eigenvalue weighted by atomic mass is 19.4. The molecule has 2 N–H and O–H groups in total. The average Bonchev–Trinajstić information content (AvgIpc) is 2.15. The van der Waals surface area contributed by atoms with E-state index in [-0.39, 0.29) is 12.2 Å². The van der Waals surface area contributed by atoms with Gasteiger partial charge in [-0.25, -0.2) is 13.8 Å². The maximum Gasteiger partial charge on any atom is 0.433 e. The van der Waals surface area contributed by atoms with E-state index in [4.69, 9.17) is 5.73 Å². The minimum Gasteiger partial charge on any atom is -0.325 e. The minimum absolute atomic E-state index is 0.208. The third-order valence-corrected chi connectivity index (χ3v) is 1.65. The van der Waals surface area contributed by atoms with E-state index in [9.17, 15) is 22.0 Å². The van der Waals surface area contributed by atoms with E-state index in [1.165, 1.54) is 0 Å². The Kier molecular flexibility index (Phi) is 3.23. The topological polar surface area (TPSA) is 38.9 Å². The van der Waals surface area contributed by atoms with Crippen LogP contribution in [0, 0.1) is 0 Å². The summed E-state index contributed by atoms with van der Waals surface area (Å²) in [5, 5.41) is 0. The monoisotopic (exact) mass is 226 g/mol. The van der Waals surface area contributed by atoms with Gasteiger partial charge in [-0.1, -0.05) is 0 Å². The molecule has 1 aromatic heterocycles. The van der Waals surface area contributed by atoms with Gasteiger partial charge in [-0.05, 0) is 12.1 Å². The average molecular weight is 226 g/mol. The Balaban J connectivity index is 3.23. The molecule has 0 aromatic carbocycles. The standard InChI is InChI=1S/C8H7F5N2/c9-7(10)4-1-5(3-14)15-6(2-4)8(11,12)13/h1-2,7H,3,14H2. The molecule has 0 atom stereocenters. The van der Waals surface area contributed by atoms with Gasteiger partial charge in [0.1, 0.15) is 5.69 Å². The summed E-state index contributed by atoms with van der Waals surface area (Å²) in [7, 11) is 0. The predicted octanol–water partition coefficient (Wildman–Crippen LogP) is 2.50. The van der Waals surface area contributed by atoms with Crippen molar-refractivity contribution in [3.63, 3.8) is 0 Å². The third-order valence-electron chi connectivity index (χ3n) is 1.65. The molecule has 84 valence electrons. The molecule has 1 aromatic rings. The van der Waals surface area contributed by atoms with Gasteiger partial charge in [0.25, 0.3) is 6.43 Å². The molecule has 0 radical (unpaired) electrons. The second kappa shape index (κ2) is 4.09. The molecular weight excluding hydrogens is 219 g/mol. The number of hydrogen-bond acceptors (Lipinski definition) is 2. The summed E-state index contributed by atoms with van der Waals surface area (Å²) >= 11 is 0. The minimum atomic E-state index is -4.74. The fourth-order valence-electron chi connectivity index (χ4n) is 0.987. The van der Waals surface area contributed by atoms with E-state index >= 15 is 0 Å². The highest BCUT2D eigenvalue weighted by Gasteiger charge is 2.33. The van der Waals surface area contributed by atoms with E-state index in [0.717, 1.165) is 6.07 Å². The van der Waals surface area contributed by atoms with Crippen molar-refractivity contribution < 1.29 is 22.0 Å². The van der Waals surface area contributed by atoms with E-state index in [2.05, 4.69) is 4.98 Å². The smallest absolute Gasteiger partial charge is 0.325 e. The largest absolute Gasteiger partial charge is 0.433 e. The number of rotatable bonds is 2. The molecule has 7 heteroatoms. The van der Waals surface area contributed by atoms with Crippen molar-refractivity contribution in [2.45, 2.75) is 19.1 Å². The first-order valence-corrected chi connectivity index (χ1v) is 3.91. The lowest BCUT2D eigenvalue weighted by atomic mass is 10.2. The summed E-state index contributed by atoms with van der Waals surface area (Å²) in [5.41, 5.74) is 2.78. The summed E-state index contributed by atoms with van der Waals surface area (Å²) in [6, 6.07) is 1.18. The Labute approximate surface area is 81.9 Å². The molecule has 0 spiro atoms. The molecule has 15 heavy (non-hydrogen) atoms. The molecule has 0 aliphatic carbocycles. The summed E-state index contributed by atoms with van der Waals surface area (Å²) in [6.45, 7) is -0.316. The number of nitrogens with zero attached hydrogens (tertiary/aromatic N) is 1. The molecule has 0 saturated heterocycles. The SMILES string of the molecule is NCc1cc(C(F)F)cc(C(F)(F)F)n1. The lowest BCUT2D eigenvalue weighted by molar-refractivity contribution is -0.141. The zero-order chi connectivity index (χ0) is 11.6. The van der Waals surface area contributed by atoms with Gasteiger partial charge >= 0.3 is 6.18 Å². The molecule has 1 rings (SSSR count). The van der Waals surface area contributed by atoms with Crippen molar-refractivity contribution in [3.8, 4) is 0 Å². The summed E-state index contributed by atoms with van der Waals surface area (Å²) in [4.78, 5) is 3.12. The first-order chi connectivity index (χ1) is 6.84. The summed E-state index contributed by atoms with van der Waals surface area (Å²) < 4.78 is 61.0. The maximum absolute atomic E-state index is 12.2. The van der Waals surface area contributed by atoms with Crippen LogP contribution in [0.5, 0.6) is 0 Å². The first kappa shape index (κ1) is 11.8. The second-order valence-corrected chi connectivity index (χ2v) is 2.78. The van der Waals surface area contributed by atoms with E-state index in [1.807, 2.05) is 0 Å². The van der Waals surface area contributed by atoms with Crippen LogP contribution >= 0.6 is 0 Å². The molecule has 0 unspecified atom stereocenters. The predicted molar refractivity (Wildman–Crippen MR) is 42.1 cm³/mol. The van der Waals surface area contributed by atoms with Crippen LogP contribution in [0.3, 0.4) is 0 Å². The van der Waals surface area contributed by atoms with Crippen molar-refractivity contribution >= 4 is 0 Å². The molecule has 0 aliphatic rings. The number of pyridine rings is 1. The van der Waals surface area contributed by atoms with Crippen LogP contribution in [-0.4, -0.2) is 4.98 Å². The van der Waals surface area contributed by atoms with Crippen molar-refractivity contribution in [1.82, 2.24) is 4.98 Å². The quantitative estimate of drug-likeness (QED) is 0.787. The Morgan fingerprint density at radius 3 is 2.27 bits per heavy atom. The Hall–Kier alpha value is -1.24. The van der Waals surface area contributed by atoms with Gasteiger partial charge in [-0.2, -0.15) is 13.2 Å². The Bertz CT molecular complexity index is 347. The van der Waals surface area contributed by atoms with E-state index in [1.54, 1.807) is 0 Å². The normalized spacial score (nSPS) is 12.2. The lowest BCUT2D eigenvalue weighted by Crippen LogP contribution is -2.12. The molecular formula is C8H7F5N2. The molecule has 0 aliphatic heterocycles. The number of nitrogens with two attached hydrogens (primary N) is 1. The van der Waals surface area contributed by atoms with Gasteiger partial charge in [0.05, 0.1) is 5.69 Å². The molecule has 1 heterocycles. The van der Waals surface area contributed by atoms with Crippen LogP contribution in [0.15, 0.2) is 12.1 Å². The van der Waals surface area contributed by atoms with Crippen LogP contribution < -0.4 is 5.73 Å². The molecule has 0 amide bonds. The molecule has 0 saturated carbocycles. The van der Waals surface area contributed by atoms with E-state index in [0.29, 0.717) is 6.07 Å². The molecule has 0 bridgehead atoms. The van der Waals surface area contributed by atoms with Crippen LogP contribution in [0.2, 0.25) is 0 Å². The number of alkyl halides is 5. The summed E-state index contributed by atoms with van der Waals surface area (Å²) in [6.07, 6.45) is -7.71. The van der Waals surface area contributed by atoms with Gasteiger partial charge in [0.2, 0.25) is 0 Å². The Morgan fingerprint density at radius 2 is 1.87 bits per heavy atom. The maximum atomic E-state index is 12.2. The number of aromatic nitrogens is 1. The zero-order valence-corrected chi connectivity index (χ0v) is 7.35. The third kappa shape index (κ3) is 2.85. The highest BCUT2D eigenvalue weighted by Crippen LogP contribution is 2.30. The van der Waals surface area contributed by atoms with Gasteiger partial charge in [0.15, 0.2) is 0 Å². The van der Waals surface area contributed by atoms with Crippen molar-refractivity contribution in [1.29, 1.82) is 0 Å². The number of halogens is 5. The fourth-order valence-corrected chi connectivity index (χ4v) is 0.987. The van der Waals surface area contributed by atoms with Crippen LogP contribution in [-0.2, 0) is 12.7 Å². The van der Waals surface area contributed by atoms with Crippen molar-refractivity contribution in [2.75, 3.05) is 0 Å². The second-order valence-electron chi connectivity index (χ2n) is 2.78. The fraction of sp³-hybridized carbons (Fsp3) is 0.375. The van der Waals surface area contributed by atoms with Crippen molar-refractivity contribution in [3.05, 3.63) is 29.1 Å². The van der Waals surface area contributed by atoms with Crippen LogP contribution in [0.25, 0.3) is 0 Å². The zero-order valence-electron chi connectivity index (χ0n) is 7.35. The highest BCUT2D eigenvalue weighted by molar-refractivity contribution is 5.24. The van der Waals surface area contributed by atoms with Crippen LogP contribution in [0.4, 0.5) is 22.0 Å². The van der Waals surface area contributed by atoms with Crippen LogP contribution in [0.1, 0.15) is 23.4 Å². The Morgan fingerprint density at radius 1 is 1.27 bits per heavy atom.